The van der Waals surface area contributed by atoms with Gasteiger partial charge in [-0.05, 0) is 57.8 Å². The Labute approximate surface area is 518 Å². The fourth-order valence-corrected chi connectivity index (χ4v) is 11.3. The molecule has 6 nitrogen and oxygen atoms in total. The van der Waals surface area contributed by atoms with Crippen LogP contribution in [0.3, 0.4) is 0 Å². The third-order valence-corrected chi connectivity index (χ3v) is 16.8. The lowest BCUT2D eigenvalue weighted by molar-refractivity contribution is -0.167. The Balaban J connectivity index is 4.13. The van der Waals surface area contributed by atoms with E-state index in [2.05, 4.69) is 69.4 Å². The molecule has 1 atom stereocenters. The van der Waals surface area contributed by atoms with E-state index in [9.17, 15) is 14.4 Å². The minimum atomic E-state index is -0.776. The van der Waals surface area contributed by atoms with E-state index in [0.29, 0.717) is 19.3 Å². The molecule has 0 aliphatic rings. The van der Waals surface area contributed by atoms with Gasteiger partial charge in [-0.3, -0.25) is 14.4 Å². The maximum Gasteiger partial charge on any atom is 0.306 e. The number of carbonyl (C=O) groups is 3. The van der Waals surface area contributed by atoms with E-state index in [-0.39, 0.29) is 31.1 Å². The van der Waals surface area contributed by atoms with Crippen molar-refractivity contribution < 1.29 is 28.6 Å². The van der Waals surface area contributed by atoms with Crippen molar-refractivity contribution in [1.82, 2.24) is 0 Å². The zero-order valence-electron chi connectivity index (χ0n) is 56.0. The first-order chi connectivity index (χ1) is 41.0. The van der Waals surface area contributed by atoms with Crippen LogP contribution in [0.15, 0.2) is 48.6 Å². The molecule has 0 bridgehead atoms. The van der Waals surface area contributed by atoms with Crippen LogP contribution in [0.25, 0.3) is 0 Å². The highest BCUT2D eigenvalue weighted by Gasteiger charge is 2.20. The van der Waals surface area contributed by atoms with Crippen LogP contribution >= 0.6 is 0 Å². The van der Waals surface area contributed by atoms with Gasteiger partial charge in [0.1, 0.15) is 13.2 Å². The van der Waals surface area contributed by atoms with Crippen molar-refractivity contribution >= 4 is 17.9 Å². The van der Waals surface area contributed by atoms with Crippen LogP contribution in [-0.2, 0) is 28.6 Å². The minimum absolute atomic E-state index is 0.0711. The summed E-state index contributed by atoms with van der Waals surface area (Å²) < 4.78 is 17.0. The Morgan fingerprint density at radius 1 is 0.253 bits per heavy atom. The SMILES string of the molecule is CC/C=C\C/C=C\C/C=C\C/C=C\CCCCCCCCCCC(=O)OC(COC(=O)CCCCCCCCCCCCCC)COC(=O)CCCCCCCCCCCCCCCCCCCCCCCCCCCCCCCCCC. The first-order valence-corrected chi connectivity index (χ1v) is 37.1. The lowest BCUT2D eigenvalue weighted by Gasteiger charge is -2.18. The molecule has 0 saturated heterocycles. The number of allylic oxidation sites excluding steroid dienone is 8. The van der Waals surface area contributed by atoms with E-state index in [1.807, 2.05) is 0 Å². The molecule has 0 aliphatic carbocycles. The van der Waals surface area contributed by atoms with Gasteiger partial charge < -0.3 is 14.2 Å². The van der Waals surface area contributed by atoms with Crippen LogP contribution in [0.2, 0.25) is 0 Å². The van der Waals surface area contributed by atoms with E-state index >= 15 is 0 Å². The number of rotatable bonds is 69. The highest BCUT2D eigenvalue weighted by Crippen LogP contribution is 2.19. The standard InChI is InChI=1S/C77H142O6/c1-4-7-10-13-16-19-22-25-27-29-31-33-34-35-36-37-38-39-40-41-42-43-45-46-48-50-52-55-58-61-64-67-70-76(79)82-73-74(72-81-75(78)69-66-63-60-57-54-24-21-18-15-12-9-6-3)83-77(80)71-68-65-62-59-56-53-51-49-47-44-32-30-28-26-23-20-17-14-11-8-5-2/h8,11,17,20,26,28,32,44,74H,4-7,9-10,12-16,18-19,21-25,27,29-31,33-43,45-73H2,1-3H3/b11-8-,20-17-,28-26-,44-32-. The molecule has 0 aromatic carbocycles. The maximum atomic E-state index is 12.9. The van der Waals surface area contributed by atoms with Crippen LogP contribution in [0, 0.1) is 0 Å². The summed E-state index contributed by atoms with van der Waals surface area (Å²) in [4.78, 5) is 38.4. The molecule has 0 aromatic heterocycles. The zero-order chi connectivity index (χ0) is 59.9. The van der Waals surface area contributed by atoms with Gasteiger partial charge in [-0.25, -0.2) is 0 Å². The van der Waals surface area contributed by atoms with Crippen molar-refractivity contribution in [3.63, 3.8) is 0 Å². The van der Waals surface area contributed by atoms with Crippen molar-refractivity contribution in [2.24, 2.45) is 0 Å². The van der Waals surface area contributed by atoms with Crippen molar-refractivity contribution in [3.05, 3.63) is 48.6 Å². The summed E-state index contributed by atoms with van der Waals surface area (Å²) in [7, 11) is 0. The summed E-state index contributed by atoms with van der Waals surface area (Å²) in [6.45, 7) is 6.59. The lowest BCUT2D eigenvalue weighted by Crippen LogP contribution is -2.30. The molecule has 6 heteroatoms. The van der Waals surface area contributed by atoms with E-state index in [1.54, 1.807) is 0 Å². The molecule has 0 fully saturated rings. The first-order valence-electron chi connectivity index (χ1n) is 37.1. The number of carbonyl (C=O) groups excluding carboxylic acids is 3. The molecular weight excluding hydrogens is 1020 g/mol. The highest BCUT2D eigenvalue weighted by atomic mass is 16.6. The third-order valence-electron chi connectivity index (χ3n) is 16.8. The largest absolute Gasteiger partial charge is 0.462 e. The molecule has 0 rings (SSSR count). The van der Waals surface area contributed by atoms with Gasteiger partial charge >= 0.3 is 17.9 Å². The molecule has 0 heterocycles. The summed E-state index contributed by atoms with van der Waals surface area (Å²) >= 11 is 0. The molecule has 0 amide bonds. The summed E-state index contributed by atoms with van der Waals surface area (Å²) in [5, 5.41) is 0. The van der Waals surface area contributed by atoms with Gasteiger partial charge in [0.05, 0.1) is 0 Å². The Morgan fingerprint density at radius 3 is 0.735 bits per heavy atom. The predicted octanol–water partition coefficient (Wildman–Crippen LogP) is 25.7. The first kappa shape index (κ1) is 80.4. The van der Waals surface area contributed by atoms with Crippen LogP contribution in [0.5, 0.6) is 0 Å². The van der Waals surface area contributed by atoms with Gasteiger partial charge in [0.25, 0.3) is 0 Å². The molecule has 0 saturated carbocycles. The molecule has 0 N–H and O–H groups in total. The van der Waals surface area contributed by atoms with Crippen LogP contribution in [0.1, 0.15) is 406 Å². The van der Waals surface area contributed by atoms with Gasteiger partial charge in [0.2, 0.25) is 0 Å². The fraction of sp³-hybridized carbons (Fsp3) is 0.857. The van der Waals surface area contributed by atoms with Crippen LogP contribution < -0.4 is 0 Å². The molecule has 0 spiro atoms. The van der Waals surface area contributed by atoms with Gasteiger partial charge in [-0.1, -0.05) is 378 Å². The Kier molecular flexibility index (Phi) is 69.6. The molecule has 0 radical (unpaired) electrons. The summed E-state index contributed by atoms with van der Waals surface area (Å²) in [5.41, 5.74) is 0. The monoisotopic (exact) mass is 1160 g/mol. The van der Waals surface area contributed by atoms with Crippen molar-refractivity contribution in [2.75, 3.05) is 13.2 Å². The Morgan fingerprint density at radius 2 is 0.470 bits per heavy atom. The fourth-order valence-electron chi connectivity index (χ4n) is 11.3. The summed E-state index contributed by atoms with van der Waals surface area (Å²) in [6, 6.07) is 0. The van der Waals surface area contributed by atoms with Crippen molar-refractivity contribution in [3.8, 4) is 0 Å². The topological polar surface area (TPSA) is 78.9 Å². The van der Waals surface area contributed by atoms with Gasteiger partial charge in [0, 0.05) is 19.3 Å². The summed E-state index contributed by atoms with van der Waals surface area (Å²) in [5.74, 6) is -0.852. The van der Waals surface area contributed by atoms with E-state index in [0.717, 1.165) is 89.9 Å². The Bertz CT molecular complexity index is 1430. The van der Waals surface area contributed by atoms with E-state index < -0.39 is 6.10 Å². The molecular formula is C77H142O6. The van der Waals surface area contributed by atoms with Crippen LogP contribution in [-0.4, -0.2) is 37.2 Å². The normalized spacial score (nSPS) is 12.3. The smallest absolute Gasteiger partial charge is 0.306 e. The number of esters is 3. The molecule has 1 unspecified atom stereocenters. The molecule has 0 aliphatic heterocycles. The average Bonchev–Trinajstić information content (AvgIpc) is 3.49. The highest BCUT2D eigenvalue weighted by molar-refractivity contribution is 5.71. The predicted molar refractivity (Wildman–Crippen MR) is 362 cm³/mol. The quantitative estimate of drug-likeness (QED) is 0.0261. The summed E-state index contributed by atoms with van der Waals surface area (Å²) in [6.07, 6.45) is 91.7. The van der Waals surface area contributed by atoms with Gasteiger partial charge in [0.15, 0.2) is 6.10 Å². The second-order valence-electron chi connectivity index (χ2n) is 25.2. The maximum absolute atomic E-state index is 12.9. The third kappa shape index (κ3) is 70.0. The zero-order valence-corrected chi connectivity index (χ0v) is 56.0. The van der Waals surface area contributed by atoms with E-state index in [4.69, 9.17) is 14.2 Å². The molecule has 83 heavy (non-hydrogen) atoms. The average molecular weight is 1160 g/mol. The van der Waals surface area contributed by atoms with Crippen molar-refractivity contribution in [2.45, 2.75) is 412 Å². The van der Waals surface area contributed by atoms with Gasteiger partial charge in [-0.15, -0.1) is 0 Å². The van der Waals surface area contributed by atoms with E-state index in [1.165, 1.54) is 276 Å². The van der Waals surface area contributed by atoms with Gasteiger partial charge in [-0.2, -0.15) is 0 Å². The second-order valence-corrected chi connectivity index (χ2v) is 25.2. The molecule has 486 valence electrons. The second kappa shape index (κ2) is 71.8. The van der Waals surface area contributed by atoms with Crippen LogP contribution in [0.4, 0.5) is 0 Å². The Hall–Kier alpha value is -2.63. The minimum Gasteiger partial charge on any atom is -0.462 e. The number of unbranched alkanes of at least 4 members (excludes halogenated alkanes) is 50. The number of ether oxygens (including phenoxy) is 3. The lowest BCUT2D eigenvalue weighted by atomic mass is 10.0. The number of hydrogen-bond donors (Lipinski definition) is 0. The molecule has 0 aromatic rings. The number of hydrogen-bond acceptors (Lipinski definition) is 6. The van der Waals surface area contributed by atoms with Crippen molar-refractivity contribution in [1.29, 1.82) is 0 Å².